The van der Waals surface area contributed by atoms with E-state index in [9.17, 15) is 4.79 Å². The highest BCUT2D eigenvalue weighted by Crippen LogP contribution is 2.38. The Labute approximate surface area is 105 Å². The van der Waals surface area contributed by atoms with Crippen LogP contribution in [0.2, 0.25) is 18.1 Å². The van der Waals surface area contributed by atoms with Crippen LogP contribution >= 0.6 is 0 Å². The van der Waals surface area contributed by atoms with E-state index in [1.165, 1.54) is 0 Å². The summed E-state index contributed by atoms with van der Waals surface area (Å²) in [7, 11) is 0.0715. The van der Waals surface area contributed by atoms with Gasteiger partial charge in [0.15, 0.2) is 8.32 Å². The third kappa shape index (κ3) is 3.30. The lowest BCUT2D eigenvalue weighted by Gasteiger charge is -2.38. The van der Waals surface area contributed by atoms with E-state index in [0.717, 1.165) is 6.54 Å². The number of carboxylic acid groups (broad SMARTS) is 1. The highest BCUT2D eigenvalue weighted by Gasteiger charge is 2.43. The Bertz CT molecular complexity index is 299. The summed E-state index contributed by atoms with van der Waals surface area (Å²) < 4.78 is 6.25. The molecule has 1 N–H and O–H groups in total. The summed E-state index contributed by atoms with van der Waals surface area (Å²) >= 11 is 0. The van der Waals surface area contributed by atoms with E-state index in [4.69, 9.17) is 9.53 Å². The average Bonchev–Trinajstić information content (AvgIpc) is 2.43. The van der Waals surface area contributed by atoms with Crippen LogP contribution in [-0.2, 0) is 9.22 Å². The lowest BCUT2D eigenvalue weighted by molar-refractivity contribution is -0.141. The first-order valence-electron chi connectivity index (χ1n) is 6.15. The Morgan fingerprint density at radius 3 is 2.29 bits per heavy atom. The molecule has 0 aromatic rings. The van der Waals surface area contributed by atoms with Gasteiger partial charge in [0.25, 0.3) is 0 Å². The van der Waals surface area contributed by atoms with Gasteiger partial charge >= 0.3 is 5.97 Å². The SMILES string of the molecule is CN1CC(O[Si](C)(C)C(C)(C)C)C[C@H]1C(=O)O. The van der Waals surface area contributed by atoms with Crippen molar-refractivity contribution in [2.45, 2.75) is 57.5 Å². The van der Waals surface area contributed by atoms with Crippen molar-refractivity contribution in [1.82, 2.24) is 4.90 Å². The van der Waals surface area contributed by atoms with Gasteiger partial charge in [-0.2, -0.15) is 0 Å². The van der Waals surface area contributed by atoms with E-state index in [1.54, 1.807) is 0 Å². The van der Waals surface area contributed by atoms with Crippen LogP contribution in [-0.4, -0.2) is 50.0 Å². The quantitative estimate of drug-likeness (QED) is 0.789. The van der Waals surface area contributed by atoms with Crippen molar-refractivity contribution in [2.24, 2.45) is 0 Å². The van der Waals surface area contributed by atoms with E-state index in [-0.39, 0.29) is 17.2 Å². The lowest BCUT2D eigenvalue weighted by atomic mass is 10.2. The summed E-state index contributed by atoms with van der Waals surface area (Å²) in [6.07, 6.45) is 0.681. The first kappa shape index (κ1) is 14.7. The zero-order chi connectivity index (χ0) is 13.4. The number of nitrogens with zero attached hydrogens (tertiary/aromatic N) is 1. The monoisotopic (exact) mass is 259 g/mol. The minimum Gasteiger partial charge on any atom is -0.480 e. The Morgan fingerprint density at radius 1 is 1.41 bits per heavy atom. The molecule has 2 atom stereocenters. The molecule has 1 fully saturated rings. The van der Waals surface area contributed by atoms with Gasteiger partial charge in [-0.3, -0.25) is 9.69 Å². The van der Waals surface area contributed by atoms with Crippen LogP contribution in [0.3, 0.4) is 0 Å². The molecule has 17 heavy (non-hydrogen) atoms. The summed E-state index contributed by atoms with van der Waals surface area (Å²) in [6.45, 7) is 11.7. The predicted molar refractivity (Wildman–Crippen MR) is 70.7 cm³/mol. The highest BCUT2D eigenvalue weighted by atomic mass is 28.4. The van der Waals surface area contributed by atoms with Gasteiger partial charge in [0, 0.05) is 6.54 Å². The Morgan fingerprint density at radius 2 is 1.94 bits per heavy atom. The number of carboxylic acids is 1. The van der Waals surface area contributed by atoms with E-state index in [2.05, 4.69) is 33.9 Å². The maximum absolute atomic E-state index is 11.0. The van der Waals surface area contributed by atoms with Gasteiger partial charge in [0.2, 0.25) is 0 Å². The first-order valence-corrected chi connectivity index (χ1v) is 9.06. The van der Waals surface area contributed by atoms with E-state index in [1.807, 2.05) is 11.9 Å². The molecule has 0 aromatic heterocycles. The lowest BCUT2D eigenvalue weighted by Crippen LogP contribution is -2.44. The van der Waals surface area contributed by atoms with E-state index >= 15 is 0 Å². The molecule has 0 spiro atoms. The van der Waals surface area contributed by atoms with Crippen molar-refractivity contribution in [2.75, 3.05) is 13.6 Å². The minimum atomic E-state index is -1.78. The summed E-state index contributed by atoms with van der Waals surface area (Å²) in [5.41, 5.74) is 0. The first-order chi connectivity index (χ1) is 7.54. The maximum atomic E-state index is 11.0. The topological polar surface area (TPSA) is 49.8 Å². The van der Waals surface area contributed by atoms with Crippen molar-refractivity contribution in [3.8, 4) is 0 Å². The summed E-state index contributed by atoms with van der Waals surface area (Å²) in [5, 5.41) is 9.25. The summed E-state index contributed by atoms with van der Waals surface area (Å²) in [6, 6.07) is -0.384. The van der Waals surface area contributed by atoms with Gasteiger partial charge < -0.3 is 9.53 Å². The van der Waals surface area contributed by atoms with Gasteiger partial charge in [-0.25, -0.2) is 0 Å². The third-order valence-electron chi connectivity index (χ3n) is 4.06. The van der Waals surface area contributed by atoms with Crippen LogP contribution in [0.5, 0.6) is 0 Å². The molecule has 1 rings (SSSR count). The molecule has 0 saturated carbocycles. The molecule has 0 bridgehead atoms. The van der Waals surface area contributed by atoms with E-state index < -0.39 is 14.3 Å². The van der Waals surface area contributed by atoms with Crippen molar-refractivity contribution in [1.29, 1.82) is 0 Å². The molecular formula is C12H25NO3Si. The number of hydrogen-bond acceptors (Lipinski definition) is 3. The summed E-state index contributed by atoms with van der Waals surface area (Å²) in [4.78, 5) is 12.9. The molecule has 0 radical (unpaired) electrons. The summed E-state index contributed by atoms with van der Waals surface area (Å²) in [5.74, 6) is -0.742. The smallest absolute Gasteiger partial charge is 0.321 e. The predicted octanol–water partition coefficient (Wildman–Crippen LogP) is 2.17. The molecule has 4 nitrogen and oxygen atoms in total. The molecule has 1 saturated heterocycles. The highest BCUT2D eigenvalue weighted by molar-refractivity contribution is 6.74. The standard InChI is InChI=1S/C12H25NO3Si/c1-12(2,3)17(5,6)16-9-7-10(11(14)15)13(4)8-9/h9-10H,7-8H2,1-6H3,(H,14,15)/t9?,10-/m0/s1. The van der Waals surface area contributed by atoms with Crippen LogP contribution < -0.4 is 0 Å². The second-order valence-electron chi connectivity index (χ2n) is 6.53. The fourth-order valence-corrected chi connectivity index (χ4v) is 3.28. The van der Waals surface area contributed by atoms with Crippen molar-refractivity contribution < 1.29 is 14.3 Å². The number of likely N-dealkylation sites (tertiary alicyclic amines) is 1. The van der Waals surface area contributed by atoms with Crippen LogP contribution in [0, 0.1) is 0 Å². The zero-order valence-corrected chi connectivity index (χ0v) is 12.8. The minimum absolute atomic E-state index is 0.0713. The molecule has 1 aliphatic heterocycles. The van der Waals surface area contributed by atoms with Gasteiger partial charge in [-0.05, 0) is 31.6 Å². The second-order valence-corrected chi connectivity index (χ2v) is 11.3. The van der Waals surface area contributed by atoms with Crippen molar-refractivity contribution in [3.63, 3.8) is 0 Å². The molecule has 100 valence electrons. The molecule has 0 aromatic carbocycles. The maximum Gasteiger partial charge on any atom is 0.321 e. The molecule has 0 aliphatic carbocycles. The van der Waals surface area contributed by atoms with Gasteiger partial charge in [-0.15, -0.1) is 0 Å². The fourth-order valence-electron chi connectivity index (χ4n) is 1.92. The normalized spacial score (nSPS) is 27.4. The van der Waals surface area contributed by atoms with Crippen LogP contribution in [0.4, 0.5) is 0 Å². The van der Waals surface area contributed by atoms with Crippen LogP contribution in [0.25, 0.3) is 0 Å². The van der Waals surface area contributed by atoms with E-state index in [0.29, 0.717) is 6.42 Å². The third-order valence-corrected chi connectivity index (χ3v) is 8.60. The van der Waals surface area contributed by atoms with Gasteiger partial charge in [0.05, 0.1) is 6.10 Å². The number of carbonyl (C=O) groups is 1. The van der Waals surface area contributed by atoms with Crippen LogP contribution in [0.15, 0.2) is 0 Å². The van der Waals surface area contributed by atoms with Gasteiger partial charge in [0.1, 0.15) is 6.04 Å². The van der Waals surface area contributed by atoms with Crippen LogP contribution in [0.1, 0.15) is 27.2 Å². The Kier molecular flexibility index (Phi) is 4.06. The zero-order valence-electron chi connectivity index (χ0n) is 11.8. The van der Waals surface area contributed by atoms with Gasteiger partial charge in [-0.1, -0.05) is 20.8 Å². The largest absolute Gasteiger partial charge is 0.480 e. The molecule has 5 heteroatoms. The molecule has 1 heterocycles. The molecule has 1 unspecified atom stereocenters. The Hall–Kier alpha value is -0.393. The average molecular weight is 259 g/mol. The number of rotatable bonds is 3. The van der Waals surface area contributed by atoms with Crippen molar-refractivity contribution >= 4 is 14.3 Å². The number of aliphatic carboxylic acids is 1. The molecular weight excluding hydrogens is 234 g/mol. The van der Waals surface area contributed by atoms with Crippen molar-refractivity contribution in [3.05, 3.63) is 0 Å². The fraction of sp³-hybridized carbons (Fsp3) is 0.917. The Balaban J connectivity index is 2.64. The number of hydrogen-bond donors (Lipinski definition) is 1. The second kappa shape index (κ2) is 4.70. The molecule has 1 aliphatic rings. The number of likely N-dealkylation sites (N-methyl/N-ethyl adjacent to an activating group) is 1. The molecule has 0 amide bonds.